The standard InChI is InChI=1S/C11H17NO3/c1-7-3-10(4-8(2)11(7)14)15-6-9(13)5-12/h3-4,9,13-14H,5-6,12H2,1-2H3. The van der Waals surface area contributed by atoms with Crippen LogP contribution in [-0.2, 0) is 0 Å². The molecule has 0 aliphatic carbocycles. The molecule has 4 heteroatoms. The van der Waals surface area contributed by atoms with Crippen molar-refractivity contribution >= 4 is 0 Å². The molecule has 4 nitrogen and oxygen atoms in total. The maximum atomic E-state index is 9.53. The van der Waals surface area contributed by atoms with Gasteiger partial charge in [-0.3, -0.25) is 0 Å². The monoisotopic (exact) mass is 211 g/mol. The van der Waals surface area contributed by atoms with Crippen LogP contribution in [0.4, 0.5) is 0 Å². The summed E-state index contributed by atoms with van der Waals surface area (Å²) in [5.41, 5.74) is 6.76. The fourth-order valence-corrected chi connectivity index (χ4v) is 1.26. The Balaban J connectivity index is 2.70. The Labute approximate surface area is 89.3 Å². The van der Waals surface area contributed by atoms with Crippen molar-refractivity contribution in [1.29, 1.82) is 0 Å². The minimum Gasteiger partial charge on any atom is -0.507 e. The number of hydrogen-bond donors (Lipinski definition) is 3. The molecule has 0 aliphatic heterocycles. The number of phenols is 1. The smallest absolute Gasteiger partial charge is 0.121 e. The zero-order chi connectivity index (χ0) is 11.4. The van der Waals surface area contributed by atoms with E-state index in [1.165, 1.54) is 0 Å². The van der Waals surface area contributed by atoms with E-state index in [0.717, 1.165) is 11.1 Å². The summed E-state index contributed by atoms with van der Waals surface area (Å²) >= 11 is 0. The minimum atomic E-state index is -0.653. The fraction of sp³-hybridized carbons (Fsp3) is 0.455. The van der Waals surface area contributed by atoms with Gasteiger partial charge < -0.3 is 20.7 Å². The Morgan fingerprint density at radius 3 is 2.33 bits per heavy atom. The molecule has 0 amide bonds. The van der Waals surface area contributed by atoms with Crippen molar-refractivity contribution in [2.45, 2.75) is 20.0 Å². The lowest BCUT2D eigenvalue weighted by Crippen LogP contribution is -2.26. The van der Waals surface area contributed by atoms with Crippen LogP contribution in [0.25, 0.3) is 0 Å². The number of aryl methyl sites for hydroxylation is 2. The highest BCUT2D eigenvalue weighted by Crippen LogP contribution is 2.26. The second kappa shape index (κ2) is 5.00. The van der Waals surface area contributed by atoms with Crippen molar-refractivity contribution in [1.82, 2.24) is 0 Å². The van der Waals surface area contributed by atoms with Gasteiger partial charge in [0.05, 0.1) is 0 Å². The SMILES string of the molecule is Cc1cc(OCC(O)CN)cc(C)c1O. The number of hydrogen-bond acceptors (Lipinski definition) is 4. The summed E-state index contributed by atoms with van der Waals surface area (Å²) < 4.78 is 5.33. The zero-order valence-electron chi connectivity index (χ0n) is 9.03. The van der Waals surface area contributed by atoms with Gasteiger partial charge in [-0.1, -0.05) is 0 Å². The van der Waals surface area contributed by atoms with Gasteiger partial charge in [0.15, 0.2) is 0 Å². The average molecular weight is 211 g/mol. The van der Waals surface area contributed by atoms with Crippen molar-refractivity contribution in [3.63, 3.8) is 0 Å². The molecule has 15 heavy (non-hydrogen) atoms. The lowest BCUT2D eigenvalue weighted by Gasteiger charge is -2.12. The van der Waals surface area contributed by atoms with Crippen molar-refractivity contribution in [3.8, 4) is 11.5 Å². The highest BCUT2D eigenvalue weighted by atomic mass is 16.5. The molecule has 0 heterocycles. The highest BCUT2D eigenvalue weighted by molar-refractivity contribution is 5.44. The molecule has 1 aromatic rings. The first-order valence-electron chi connectivity index (χ1n) is 4.85. The second-order valence-corrected chi connectivity index (χ2v) is 3.61. The summed E-state index contributed by atoms with van der Waals surface area (Å²) in [5, 5.41) is 18.7. The van der Waals surface area contributed by atoms with E-state index in [4.69, 9.17) is 10.5 Å². The van der Waals surface area contributed by atoms with Crippen LogP contribution in [0.1, 0.15) is 11.1 Å². The number of ether oxygens (including phenoxy) is 1. The first-order valence-corrected chi connectivity index (χ1v) is 4.85. The van der Waals surface area contributed by atoms with Crippen molar-refractivity contribution in [2.75, 3.05) is 13.2 Å². The average Bonchev–Trinajstić information content (AvgIpc) is 2.22. The number of rotatable bonds is 4. The summed E-state index contributed by atoms with van der Waals surface area (Å²) in [6, 6.07) is 3.46. The third-order valence-electron chi connectivity index (χ3n) is 2.18. The Bertz CT molecular complexity index is 316. The van der Waals surface area contributed by atoms with Crippen molar-refractivity contribution < 1.29 is 14.9 Å². The molecule has 0 bridgehead atoms. The molecule has 0 aliphatic rings. The van der Waals surface area contributed by atoms with Gasteiger partial charge in [0, 0.05) is 6.54 Å². The number of aliphatic hydroxyl groups is 1. The van der Waals surface area contributed by atoms with Gasteiger partial charge in [0.2, 0.25) is 0 Å². The van der Waals surface area contributed by atoms with E-state index in [1.54, 1.807) is 26.0 Å². The molecule has 0 aromatic heterocycles. The van der Waals surface area contributed by atoms with Crippen molar-refractivity contribution in [2.24, 2.45) is 5.73 Å². The topological polar surface area (TPSA) is 75.7 Å². The summed E-state index contributed by atoms with van der Waals surface area (Å²) in [4.78, 5) is 0. The van der Waals surface area contributed by atoms with Crippen LogP contribution in [0.5, 0.6) is 11.5 Å². The Kier molecular flexibility index (Phi) is 3.94. The fourth-order valence-electron chi connectivity index (χ4n) is 1.26. The van der Waals surface area contributed by atoms with E-state index in [0.29, 0.717) is 5.75 Å². The summed E-state index contributed by atoms with van der Waals surface area (Å²) in [6.07, 6.45) is -0.653. The number of nitrogens with two attached hydrogens (primary N) is 1. The lowest BCUT2D eigenvalue weighted by atomic mass is 10.1. The van der Waals surface area contributed by atoms with Crippen molar-refractivity contribution in [3.05, 3.63) is 23.3 Å². The van der Waals surface area contributed by atoms with Crippen LogP contribution in [0.3, 0.4) is 0 Å². The molecule has 0 saturated heterocycles. The molecule has 1 rings (SSSR count). The van der Waals surface area contributed by atoms with Gasteiger partial charge in [0.1, 0.15) is 24.2 Å². The Morgan fingerprint density at radius 2 is 1.87 bits per heavy atom. The van der Waals surface area contributed by atoms with E-state index < -0.39 is 6.10 Å². The normalized spacial score (nSPS) is 12.5. The van der Waals surface area contributed by atoms with Crippen LogP contribution < -0.4 is 10.5 Å². The molecular weight excluding hydrogens is 194 g/mol. The molecule has 4 N–H and O–H groups in total. The maximum Gasteiger partial charge on any atom is 0.121 e. The van der Waals surface area contributed by atoms with Crippen LogP contribution in [0.2, 0.25) is 0 Å². The van der Waals surface area contributed by atoms with Gasteiger partial charge in [0.25, 0.3) is 0 Å². The molecule has 0 spiro atoms. The lowest BCUT2D eigenvalue weighted by molar-refractivity contribution is 0.114. The summed E-state index contributed by atoms with van der Waals surface area (Å²) in [7, 11) is 0. The summed E-state index contributed by atoms with van der Waals surface area (Å²) in [5.74, 6) is 0.914. The second-order valence-electron chi connectivity index (χ2n) is 3.61. The van der Waals surface area contributed by atoms with Gasteiger partial charge in [-0.25, -0.2) is 0 Å². The molecule has 84 valence electrons. The van der Waals surface area contributed by atoms with E-state index in [9.17, 15) is 10.2 Å². The molecular formula is C11H17NO3. The molecule has 0 radical (unpaired) electrons. The van der Waals surface area contributed by atoms with Crippen LogP contribution >= 0.6 is 0 Å². The van der Waals surface area contributed by atoms with Gasteiger partial charge in [-0.2, -0.15) is 0 Å². The summed E-state index contributed by atoms with van der Waals surface area (Å²) in [6.45, 7) is 3.94. The van der Waals surface area contributed by atoms with Gasteiger partial charge >= 0.3 is 0 Å². The Morgan fingerprint density at radius 1 is 1.33 bits per heavy atom. The van der Waals surface area contributed by atoms with E-state index in [-0.39, 0.29) is 18.9 Å². The maximum absolute atomic E-state index is 9.53. The number of aromatic hydroxyl groups is 1. The van der Waals surface area contributed by atoms with Crippen LogP contribution in [0, 0.1) is 13.8 Å². The highest BCUT2D eigenvalue weighted by Gasteiger charge is 2.06. The molecule has 1 aromatic carbocycles. The first kappa shape index (κ1) is 11.8. The van der Waals surface area contributed by atoms with E-state index in [2.05, 4.69) is 0 Å². The van der Waals surface area contributed by atoms with E-state index in [1.807, 2.05) is 0 Å². The predicted octanol–water partition coefficient (Wildman–Crippen LogP) is 0.707. The molecule has 0 fully saturated rings. The Hall–Kier alpha value is -1.26. The minimum absolute atomic E-state index is 0.167. The largest absolute Gasteiger partial charge is 0.507 e. The number of benzene rings is 1. The quantitative estimate of drug-likeness (QED) is 0.685. The zero-order valence-corrected chi connectivity index (χ0v) is 9.03. The van der Waals surface area contributed by atoms with Gasteiger partial charge in [-0.05, 0) is 37.1 Å². The predicted molar refractivity (Wildman–Crippen MR) is 58.1 cm³/mol. The van der Waals surface area contributed by atoms with Crippen LogP contribution in [-0.4, -0.2) is 29.5 Å². The molecule has 0 saturated carbocycles. The molecule has 1 atom stereocenters. The first-order chi connectivity index (χ1) is 7.04. The number of aliphatic hydroxyl groups excluding tert-OH is 1. The van der Waals surface area contributed by atoms with Gasteiger partial charge in [-0.15, -0.1) is 0 Å². The third kappa shape index (κ3) is 3.11. The number of phenolic OH excluding ortho intramolecular Hbond substituents is 1. The van der Waals surface area contributed by atoms with E-state index >= 15 is 0 Å². The molecule has 1 unspecified atom stereocenters. The van der Waals surface area contributed by atoms with Crippen LogP contribution in [0.15, 0.2) is 12.1 Å². The third-order valence-corrected chi connectivity index (χ3v) is 2.18.